The molecule has 1 rings (SSSR count). The Kier molecular flexibility index (Phi) is 6.88. The average Bonchev–Trinajstić information content (AvgIpc) is 2.36. The van der Waals surface area contributed by atoms with Crippen LogP contribution < -0.4 is 15.5 Å². The summed E-state index contributed by atoms with van der Waals surface area (Å²) in [5.41, 5.74) is 2.27. The molecule has 5 nitrogen and oxygen atoms in total. The standard InChI is InChI=1S/C16H25N3O2/c1-12(2)18-16(21)11-19(4)10-15(20)17-9-14-7-5-13(3)6-8-14/h5-8,12H,9-11H2,1-4H3,(H,17,20)(H,18,21)/p+1. The van der Waals surface area contributed by atoms with Gasteiger partial charge in [0.05, 0.1) is 7.05 Å². The van der Waals surface area contributed by atoms with Crippen molar-refractivity contribution in [2.75, 3.05) is 20.1 Å². The van der Waals surface area contributed by atoms with E-state index in [1.165, 1.54) is 5.56 Å². The van der Waals surface area contributed by atoms with Crippen molar-refractivity contribution in [2.45, 2.75) is 33.4 Å². The molecule has 0 aromatic heterocycles. The minimum absolute atomic E-state index is 0.0335. The molecule has 1 aromatic carbocycles. The van der Waals surface area contributed by atoms with Gasteiger partial charge in [0.1, 0.15) is 0 Å². The topological polar surface area (TPSA) is 62.6 Å². The molecule has 1 atom stereocenters. The molecule has 0 aliphatic carbocycles. The van der Waals surface area contributed by atoms with Gasteiger partial charge in [0.2, 0.25) is 0 Å². The Morgan fingerprint density at radius 2 is 1.67 bits per heavy atom. The van der Waals surface area contributed by atoms with Crippen molar-refractivity contribution in [1.82, 2.24) is 10.6 Å². The normalized spacial score (nSPS) is 12.0. The lowest BCUT2D eigenvalue weighted by Crippen LogP contribution is -3.11. The van der Waals surface area contributed by atoms with Gasteiger partial charge in [-0.15, -0.1) is 0 Å². The molecular formula is C16H26N3O2+. The van der Waals surface area contributed by atoms with E-state index in [0.717, 1.165) is 10.5 Å². The van der Waals surface area contributed by atoms with Gasteiger partial charge in [0.25, 0.3) is 11.8 Å². The van der Waals surface area contributed by atoms with E-state index in [4.69, 9.17) is 0 Å². The molecule has 0 fully saturated rings. The van der Waals surface area contributed by atoms with Crippen LogP contribution in [0.5, 0.6) is 0 Å². The lowest BCUT2D eigenvalue weighted by Gasteiger charge is -2.15. The summed E-state index contributed by atoms with van der Waals surface area (Å²) in [5, 5.41) is 5.69. The third kappa shape index (κ3) is 7.46. The second kappa shape index (κ2) is 8.42. The van der Waals surface area contributed by atoms with Gasteiger partial charge in [0.15, 0.2) is 13.1 Å². The fraction of sp³-hybridized carbons (Fsp3) is 0.500. The van der Waals surface area contributed by atoms with Gasteiger partial charge in [-0.25, -0.2) is 0 Å². The van der Waals surface area contributed by atoms with Crippen LogP contribution in [-0.4, -0.2) is 38.0 Å². The molecule has 116 valence electrons. The van der Waals surface area contributed by atoms with Gasteiger partial charge in [0, 0.05) is 12.6 Å². The summed E-state index contributed by atoms with van der Waals surface area (Å²) in [5.74, 6) is -0.0840. The predicted octanol–water partition coefficient (Wildman–Crippen LogP) is -0.349. The van der Waals surface area contributed by atoms with E-state index >= 15 is 0 Å². The van der Waals surface area contributed by atoms with Crippen LogP contribution in [0, 0.1) is 6.92 Å². The Hall–Kier alpha value is -1.88. The molecule has 2 amide bonds. The zero-order chi connectivity index (χ0) is 15.8. The summed E-state index contributed by atoms with van der Waals surface area (Å²) < 4.78 is 0. The first-order valence-corrected chi connectivity index (χ1v) is 7.29. The molecule has 1 unspecified atom stereocenters. The number of benzene rings is 1. The summed E-state index contributed by atoms with van der Waals surface area (Å²) in [6.07, 6.45) is 0. The van der Waals surface area contributed by atoms with Crippen molar-refractivity contribution >= 4 is 11.8 Å². The van der Waals surface area contributed by atoms with Crippen LogP contribution in [0.25, 0.3) is 0 Å². The van der Waals surface area contributed by atoms with Crippen LogP contribution >= 0.6 is 0 Å². The zero-order valence-corrected chi connectivity index (χ0v) is 13.3. The highest BCUT2D eigenvalue weighted by Gasteiger charge is 2.14. The maximum atomic E-state index is 11.8. The summed E-state index contributed by atoms with van der Waals surface area (Å²) in [6.45, 7) is 6.98. The summed E-state index contributed by atoms with van der Waals surface area (Å²) in [7, 11) is 1.84. The maximum Gasteiger partial charge on any atom is 0.275 e. The van der Waals surface area contributed by atoms with Crippen LogP contribution in [0.3, 0.4) is 0 Å². The van der Waals surface area contributed by atoms with Gasteiger partial charge in [-0.2, -0.15) is 0 Å². The Labute approximate surface area is 126 Å². The molecule has 0 radical (unpaired) electrons. The Balaban J connectivity index is 2.29. The van der Waals surface area contributed by atoms with E-state index < -0.39 is 0 Å². The molecule has 5 heteroatoms. The third-order valence-corrected chi connectivity index (χ3v) is 2.98. The van der Waals surface area contributed by atoms with Crippen molar-refractivity contribution in [3.8, 4) is 0 Å². The number of quaternary nitrogens is 1. The molecular weight excluding hydrogens is 266 g/mol. The van der Waals surface area contributed by atoms with Gasteiger partial charge < -0.3 is 15.5 Å². The van der Waals surface area contributed by atoms with E-state index in [9.17, 15) is 9.59 Å². The quantitative estimate of drug-likeness (QED) is 0.643. The van der Waals surface area contributed by atoms with Crippen LogP contribution in [0.2, 0.25) is 0 Å². The molecule has 0 aliphatic rings. The molecule has 0 heterocycles. The predicted molar refractivity (Wildman–Crippen MR) is 82.9 cm³/mol. The van der Waals surface area contributed by atoms with Crippen LogP contribution in [0.15, 0.2) is 24.3 Å². The van der Waals surface area contributed by atoms with Crippen LogP contribution in [-0.2, 0) is 16.1 Å². The second-order valence-corrected chi connectivity index (χ2v) is 5.80. The highest BCUT2D eigenvalue weighted by Crippen LogP contribution is 2.01. The van der Waals surface area contributed by atoms with Crippen molar-refractivity contribution in [3.05, 3.63) is 35.4 Å². The fourth-order valence-electron chi connectivity index (χ4n) is 1.95. The first-order chi connectivity index (χ1) is 9.86. The van der Waals surface area contributed by atoms with Crippen LogP contribution in [0.1, 0.15) is 25.0 Å². The average molecular weight is 292 g/mol. The first kappa shape index (κ1) is 17.2. The number of amides is 2. The first-order valence-electron chi connectivity index (χ1n) is 7.29. The highest BCUT2D eigenvalue weighted by atomic mass is 16.2. The maximum absolute atomic E-state index is 11.8. The van der Waals surface area contributed by atoms with E-state index in [1.807, 2.05) is 52.1 Å². The highest BCUT2D eigenvalue weighted by molar-refractivity contribution is 5.79. The largest absolute Gasteiger partial charge is 0.349 e. The molecule has 0 spiro atoms. The summed E-state index contributed by atoms with van der Waals surface area (Å²) >= 11 is 0. The molecule has 0 saturated heterocycles. The Morgan fingerprint density at radius 3 is 2.24 bits per heavy atom. The number of aryl methyl sites for hydroxylation is 1. The number of carbonyl (C=O) groups is 2. The van der Waals surface area contributed by atoms with Gasteiger partial charge in [-0.05, 0) is 26.3 Å². The van der Waals surface area contributed by atoms with Gasteiger partial charge >= 0.3 is 0 Å². The number of rotatable bonds is 7. The summed E-state index contributed by atoms with van der Waals surface area (Å²) in [4.78, 5) is 24.3. The van der Waals surface area contributed by atoms with E-state index in [2.05, 4.69) is 10.6 Å². The van der Waals surface area contributed by atoms with Gasteiger partial charge in [-0.3, -0.25) is 9.59 Å². The van der Waals surface area contributed by atoms with Crippen molar-refractivity contribution < 1.29 is 14.5 Å². The molecule has 3 N–H and O–H groups in total. The lowest BCUT2D eigenvalue weighted by molar-refractivity contribution is -0.862. The fourth-order valence-corrected chi connectivity index (χ4v) is 1.95. The number of likely N-dealkylation sites (N-methyl/N-ethyl adjacent to an activating group) is 1. The number of carbonyl (C=O) groups excluding carboxylic acids is 2. The van der Waals surface area contributed by atoms with Crippen molar-refractivity contribution in [1.29, 1.82) is 0 Å². The number of nitrogens with one attached hydrogen (secondary N) is 3. The number of hydrogen-bond acceptors (Lipinski definition) is 2. The molecule has 0 saturated carbocycles. The van der Waals surface area contributed by atoms with Crippen LogP contribution in [0.4, 0.5) is 0 Å². The second-order valence-electron chi connectivity index (χ2n) is 5.80. The minimum atomic E-state index is -0.0505. The Morgan fingerprint density at radius 1 is 1.10 bits per heavy atom. The van der Waals surface area contributed by atoms with Gasteiger partial charge in [-0.1, -0.05) is 29.8 Å². The smallest absolute Gasteiger partial charge is 0.275 e. The molecule has 1 aromatic rings. The molecule has 0 bridgehead atoms. The minimum Gasteiger partial charge on any atom is -0.349 e. The van der Waals surface area contributed by atoms with E-state index in [1.54, 1.807) is 0 Å². The molecule has 21 heavy (non-hydrogen) atoms. The SMILES string of the molecule is Cc1ccc(CNC(=O)C[NH+](C)CC(=O)NC(C)C)cc1. The summed E-state index contributed by atoms with van der Waals surface area (Å²) in [6, 6.07) is 8.18. The lowest BCUT2D eigenvalue weighted by atomic mass is 10.1. The molecule has 0 aliphatic heterocycles. The monoisotopic (exact) mass is 292 g/mol. The Bertz CT molecular complexity index is 469. The zero-order valence-electron chi connectivity index (χ0n) is 13.3. The van der Waals surface area contributed by atoms with E-state index in [-0.39, 0.29) is 24.4 Å². The van der Waals surface area contributed by atoms with E-state index in [0.29, 0.717) is 13.1 Å². The van der Waals surface area contributed by atoms with Crippen molar-refractivity contribution in [2.24, 2.45) is 0 Å². The number of hydrogen-bond donors (Lipinski definition) is 3. The van der Waals surface area contributed by atoms with Crippen molar-refractivity contribution in [3.63, 3.8) is 0 Å². The third-order valence-electron chi connectivity index (χ3n) is 2.98.